The molecule has 1 saturated carbocycles. The maximum Gasteiger partial charge on any atom is 0.349 e. The lowest BCUT2D eigenvalue weighted by atomic mass is 9.91. The molecule has 0 saturated heterocycles. The number of carbonyl (C=O) groups is 1. The van der Waals surface area contributed by atoms with E-state index in [0.717, 1.165) is 50.8 Å². The second-order valence-corrected chi connectivity index (χ2v) is 15.6. The number of benzene rings is 2. The summed E-state index contributed by atoms with van der Waals surface area (Å²) in [5.74, 6) is -0.616. The van der Waals surface area contributed by atoms with Crippen LogP contribution in [0.15, 0.2) is 94.5 Å². The van der Waals surface area contributed by atoms with Crippen LogP contribution in [-0.4, -0.2) is 68.0 Å². The summed E-state index contributed by atoms with van der Waals surface area (Å²) < 4.78 is 8.25. The molecule has 5 N–H and O–H groups in total. The summed E-state index contributed by atoms with van der Waals surface area (Å²) in [6, 6.07) is 22.4. The first kappa shape index (κ1) is 36.1. The summed E-state index contributed by atoms with van der Waals surface area (Å²) in [5, 5.41) is 41.5. The van der Waals surface area contributed by atoms with Crippen LogP contribution < -0.4 is 10.9 Å². The minimum atomic E-state index is -1.77. The Balaban J connectivity index is 0.861. The van der Waals surface area contributed by atoms with E-state index in [2.05, 4.69) is 57.3 Å². The first-order valence-corrected chi connectivity index (χ1v) is 19.5. The number of hydrogen-bond acceptors (Lipinski definition) is 10. The maximum absolute atomic E-state index is 13.4. The molecule has 0 spiro atoms. The smallest absolute Gasteiger partial charge is 0.349 e. The highest BCUT2D eigenvalue weighted by molar-refractivity contribution is 7.12. The van der Waals surface area contributed by atoms with Gasteiger partial charge in [-0.15, -0.1) is 22.7 Å². The Morgan fingerprint density at radius 3 is 2.50 bits per heavy atom. The van der Waals surface area contributed by atoms with Crippen LogP contribution in [0.2, 0.25) is 0 Å². The van der Waals surface area contributed by atoms with Crippen molar-refractivity contribution in [1.82, 2.24) is 19.8 Å². The zero-order valence-electron chi connectivity index (χ0n) is 29.0. The fourth-order valence-electron chi connectivity index (χ4n) is 7.37. The number of nitrogens with zero attached hydrogens (tertiary/aromatic N) is 2. The van der Waals surface area contributed by atoms with E-state index in [1.165, 1.54) is 45.7 Å². The lowest BCUT2D eigenvalue weighted by Crippen LogP contribution is -2.42. The molecule has 4 heterocycles. The van der Waals surface area contributed by atoms with E-state index in [1.807, 2.05) is 22.9 Å². The highest BCUT2D eigenvalue weighted by Gasteiger charge is 2.45. The number of aromatic nitrogens is 2. The number of phenols is 1. The number of esters is 1. The van der Waals surface area contributed by atoms with Crippen molar-refractivity contribution in [1.29, 1.82) is 0 Å². The van der Waals surface area contributed by atoms with Gasteiger partial charge >= 0.3 is 5.97 Å². The van der Waals surface area contributed by atoms with Gasteiger partial charge in [0.1, 0.15) is 11.9 Å². The second-order valence-electron chi connectivity index (χ2n) is 13.7. The topological polar surface area (TPSA) is 140 Å². The zero-order valence-corrected chi connectivity index (χ0v) is 30.7. The molecule has 1 atom stereocenters. The van der Waals surface area contributed by atoms with E-state index < -0.39 is 17.7 Å². The van der Waals surface area contributed by atoms with Crippen molar-refractivity contribution in [2.24, 2.45) is 0 Å². The molecule has 0 aliphatic heterocycles. The average Bonchev–Trinajstić information content (AvgIpc) is 3.96. The van der Waals surface area contributed by atoms with Gasteiger partial charge in [-0.3, -0.25) is 4.79 Å². The SMILES string of the molecule is CN(CCCn1ccc2cc(CNC[C@H](O)c3ccc(O)c4[nH]c(=O)ccc34)ccc21)C1CCC(OC(=O)C(O)(c2cccs2)c2cccs2)CC1. The van der Waals surface area contributed by atoms with Crippen LogP contribution in [0.3, 0.4) is 0 Å². The monoisotopic (exact) mass is 740 g/mol. The van der Waals surface area contributed by atoms with Gasteiger partial charge in [-0.25, -0.2) is 4.79 Å². The molecule has 0 bridgehead atoms. The molecular weight excluding hydrogens is 697 g/mol. The van der Waals surface area contributed by atoms with Gasteiger partial charge in [0.15, 0.2) is 0 Å². The van der Waals surface area contributed by atoms with E-state index >= 15 is 0 Å². The fourth-order valence-corrected chi connectivity index (χ4v) is 9.09. The van der Waals surface area contributed by atoms with Crippen molar-refractivity contribution >= 4 is 50.4 Å². The van der Waals surface area contributed by atoms with Crippen LogP contribution in [0.1, 0.15) is 59.1 Å². The van der Waals surface area contributed by atoms with Gasteiger partial charge in [0.2, 0.25) is 11.2 Å². The summed E-state index contributed by atoms with van der Waals surface area (Å²) in [6.07, 6.45) is 5.57. The molecule has 0 radical (unpaired) electrons. The van der Waals surface area contributed by atoms with Crippen molar-refractivity contribution < 1.29 is 24.9 Å². The van der Waals surface area contributed by atoms with Gasteiger partial charge in [0.05, 0.1) is 21.4 Å². The number of aryl methyl sites for hydroxylation is 1. The molecule has 52 heavy (non-hydrogen) atoms. The van der Waals surface area contributed by atoms with Gasteiger partial charge in [0.25, 0.3) is 0 Å². The third kappa shape index (κ3) is 7.59. The predicted molar refractivity (Wildman–Crippen MR) is 206 cm³/mol. The number of phenolic OH excluding ortho intramolecular Hbond substituents is 1. The number of H-pyrrole nitrogens is 1. The third-order valence-corrected chi connectivity index (χ3v) is 12.2. The van der Waals surface area contributed by atoms with E-state index in [9.17, 15) is 24.9 Å². The van der Waals surface area contributed by atoms with Crippen molar-refractivity contribution in [3.63, 3.8) is 0 Å². The Morgan fingerprint density at radius 2 is 1.79 bits per heavy atom. The number of fused-ring (bicyclic) bond motifs is 2. The number of hydrogen-bond donors (Lipinski definition) is 5. The van der Waals surface area contributed by atoms with Crippen molar-refractivity contribution in [2.45, 2.75) is 69.0 Å². The number of rotatable bonds is 14. The lowest BCUT2D eigenvalue weighted by Gasteiger charge is -2.35. The van der Waals surface area contributed by atoms with Gasteiger partial charge in [-0.2, -0.15) is 0 Å². The second kappa shape index (κ2) is 15.7. The lowest BCUT2D eigenvalue weighted by molar-refractivity contribution is -0.169. The molecule has 2 aromatic carbocycles. The van der Waals surface area contributed by atoms with Crippen molar-refractivity contribution in [3.05, 3.63) is 121 Å². The van der Waals surface area contributed by atoms with Crippen LogP contribution >= 0.6 is 22.7 Å². The van der Waals surface area contributed by atoms with Crippen LogP contribution in [-0.2, 0) is 28.2 Å². The number of aromatic hydroxyl groups is 1. The maximum atomic E-state index is 13.4. The van der Waals surface area contributed by atoms with Crippen LogP contribution in [0.5, 0.6) is 5.75 Å². The Labute approximate surface area is 309 Å². The number of carbonyl (C=O) groups excluding carboxylic acids is 1. The van der Waals surface area contributed by atoms with Crippen LogP contribution in [0.4, 0.5) is 0 Å². The van der Waals surface area contributed by atoms with Gasteiger partial charge < -0.3 is 39.8 Å². The van der Waals surface area contributed by atoms with E-state index in [-0.39, 0.29) is 17.4 Å². The average molecular weight is 741 g/mol. The number of aromatic amines is 1. The number of ether oxygens (including phenoxy) is 1. The Hall–Kier alpha value is -4.30. The quantitative estimate of drug-likeness (QED) is 0.0827. The minimum absolute atomic E-state index is 0.0286. The number of aliphatic hydroxyl groups excluding tert-OH is 1. The normalized spacial score (nSPS) is 17.2. The van der Waals surface area contributed by atoms with Crippen molar-refractivity contribution in [3.8, 4) is 5.75 Å². The van der Waals surface area contributed by atoms with E-state index in [0.29, 0.717) is 45.4 Å². The Bertz CT molecular complexity index is 2140. The van der Waals surface area contributed by atoms with Crippen LogP contribution in [0.25, 0.3) is 21.8 Å². The standard InChI is InChI=1S/C40H44N4O6S2/c1-43(28-8-10-29(11-9-28)50-39(48)40(49,35-5-2-21-51-35)36-6-3-22-52-36)18-4-19-44-20-17-27-23-26(7-14-32(27)44)24-41-25-34(46)30-12-15-33(45)38-31(30)13-16-37(47)42-38/h2-3,5-7,12-17,20-23,28-29,34,41,45-46,49H,4,8-11,18-19,24-25H2,1H3,(H,42,47)/t28?,29?,34-/m0/s1. The first-order chi connectivity index (χ1) is 25.2. The highest BCUT2D eigenvalue weighted by atomic mass is 32.1. The van der Waals surface area contributed by atoms with Crippen molar-refractivity contribution in [2.75, 3.05) is 20.1 Å². The molecule has 0 unspecified atom stereocenters. The van der Waals surface area contributed by atoms with E-state index in [4.69, 9.17) is 4.74 Å². The molecule has 6 aromatic rings. The summed E-state index contributed by atoms with van der Waals surface area (Å²) in [4.78, 5) is 31.3. The van der Waals surface area contributed by atoms with E-state index in [1.54, 1.807) is 24.3 Å². The molecule has 1 fully saturated rings. The van der Waals surface area contributed by atoms with Gasteiger partial charge in [0, 0.05) is 48.8 Å². The number of nitrogens with one attached hydrogen (secondary N) is 2. The summed E-state index contributed by atoms with van der Waals surface area (Å²) >= 11 is 2.72. The molecular formula is C40H44N4O6S2. The predicted octanol–water partition coefficient (Wildman–Crippen LogP) is 6.25. The third-order valence-electron chi connectivity index (χ3n) is 10.3. The number of aliphatic hydroxyl groups is 2. The fraction of sp³-hybridized carbons (Fsp3) is 0.350. The molecule has 10 nitrogen and oxygen atoms in total. The molecule has 7 rings (SSSR count). The Morgan fingerprint density at radius 1 is 1.04 bits per heavy atom. The van der Waals surface area contributed by atoms with Gasteiger partial charge in [-0.1, -0.05) is 24.3 Å². The molecule has 4 aromatic heterocycles. The molecule has 12 heteroatoms. The number of thiophene rings is 2. The highest BCUT2D eigenvalue weighted by Crippen LogP contribution is 2.38. The first-order valence-electron chi connectivity index (χ1n) is 17.7. The summed E-state index contributed by atoms with van der Waals surface area (Å²) in [5.41, 5.74) is 1.18. The molecule has 0 amide bonds. The number of pyridine rings is 1. The Kier molecular flexibility index (Phi) is 10.9. The van der Waals surface area contributed by atoms with Crippen LogP contribution in [0, 0.1) is 0 Å². The van der Waals surface area contributed by atoms with Gasteiger partial charge in [-0.05, 0) is 115 Å². The molecule has 1 aliphatic rings. The largest absolute Gasteiger partial charge is 0.506 e. The minimum Gasteiger partial charge on any atom is -0.506 e. The summed E-state index contributed by atoms with van der Waals surface area (Å²) in [7, 11) is 2.18. The zero-order chi connectivity index (χ0) is 36.2. The summed E-state index contributed by atoms with van der Waals surface area (Å²) in [6.45, 7) is 2.76. The molecule has 272 valence electrons. The molecule has 1 aliphatic carbocycles.